The summed E-state index contributed by atoms with van der Waals surface area (Å²) >= 11 is 5.79. The summed E-state index contributed by atoms with van der Waals surface area (Å²) in [4.78, 5) is 10.8. The van der Waals surface area contributed by atoms with Gasteiger partial charge in [-0.3, -0.25) is 9.89 Å². The molecule has 24 heavy (non-hydrogen) atoms. The molecule has 0 amide bonds. The summed E-state index contributed by atoms with van der Waals surface area (Å²) in [6, 6.07) is 4.90. The van der Waals surface area contributed by atoms with Crippen LogP contribution >= 0.6 is 35.6 Å². The van der Waals surface area contributed by atoms with Crippen LogP contribution in [0.5, 0.6) is 0 Å². The molecule has 138 valence electrons. The minimum absolute atomic E-state index is 0. The van der Waals surface area contributed by atoms with Crippen molar-refractivity contribution in [1.82, 2.24) is 20.5 Å². The fraction of sp³-hybridized carbons (Fsp3) is 0.647. The number of hydrogen-bond acceptors (Lipinski definition) is 3. The Morgan fingerprint density at radius 2 is 1.79 bits per heavy atom. The summed E-state index contributed by atoms with van der Waals surface area (Å²) < 4.78 is 0. The maximum Gasteiger partial charge on any atom is 0.191 e. The van der Waals surface area contributed by atoms with Gasteiger partial charge >= 0.3 is 0 Å². The van der Waals surface area contributed by atoms with Gasteiger partial charge in [0.05, 0.1) is 0 Å². The topological polar surface area (TPSA) is 52.6 Å². The van der Waals surface area contributed by atoms with Crippen molar-refractivity contribution in [2.24, 2.45) is 4.99 Å². The molecule has 0 bridgehead atoms. The van der Waals surface area contributed by atoms with E-state index in [1.165, 1.54) is 0 Å². The van der Waals surface area contributed by atoms with Crippen LogP contribution < -0.4 is 10.6 Å². The molecule has 7 heteroatoms. The maximum atomic E-state index is 5.79. The Hall–Kier alpha value is -0.600. The lowest BCUT2D eigenvalue weighted by atomic mass is 10.2. The lowest BCUT2D eigenvalue weighted by molar-refractivity contribution is 0.178. The number of hydrogen-bond donors (Lipinski definition) is 2. The summed E-state index contributed by atoms with van der Waals surface area (Å²) in [6.07, 6.45) is 2.69. The fourth-order valence-electron chi connectivity index (χ4n) is 2.52. The summed E-state index contributed by atoms with van der Waals surface area (Å²) in [5, 5.41) is 7.22. The van der Waals surface area contributed by atoms with Crippen LogP contribution in [0, 0.1) is 0 Å². The van der Waals surface area contributed by atoms with Gasteiger partial charge in [-0.1, -0.05) is 17.7 Å². The fourth-order valence-corrected chi connectivity index (χ4v) is 2.63. The van der Waals surface area contributed by atoms with Crippen molar-refractivity contribution in [1.29, 1.82) is 0 Å². The average Bonchev–Trinajstić information content (AvgIpc) is 2.50. The lowest BCUT2D eigenvalue weighted by Crippen LogP contribution is -2.45. The molecule has 0 aliphatic rings. The molecule has 1 aromatic heterocycles. The Morgan fingerprint density at radius 3 is 2.29 bits per heavy atom. The number of nitrogens with zero attached hydrogens (tertiary/aromatic N) is 3. The van der Waals surface area contributed by atoms with E-state index in [4.69, 9.17) is 11.6 Å². The van der Waals surface area contributed by atoms with Crippen LogP contribution in [0.25, 0.3) is 0 Å². The van der Waals surface area contributed by atoms with Crippen LogP contribution in [0.4, 0.5) is 0 Å². The average molecular weight is 468 g/mol. The molecule has 1 aromatic rings. The van der Waals surface area contributed by atoms with E-state index in [1.54, 1.807) is 7.05 Å². The normalized spacial score (nSPS) is 11.8. The van der Waals surface area contributed by atoms with Gasteiger partial charge in [-0.05, 0) is 45.7 Å². The van der Waals surface area contributed by atoms with Crippen LogP contribution in [0.3, 0.4) is 0 Å². The number of aliphatic imine (C=N–C) groups is 1. The first kappa shape index (κ1) is 23.4. The van der Waals surface area contributed by atoms with Crippen molar-refractivity contribution in [3.05, 3.63) is 29.0 Å². The standard InChI is InChI=1S/C17H30ClN5.HI/c1-13(2)23(14(3)4)11-10-21-17(19-5)20-9-8-15-6-7-16(18)22-12-15;/h6-7,12-14H,8-11H2,1-5H3,(H2,19,20,21);1H. The molecular weight excluding hydrogens is 437 g/mol. The van der Waals surface area contributed by atoms with Crippen LogP contribution in [-0.2, 0) is 6.42 Å². The van der Waals surface area contributed by atoms with Gasteiger partial charge in [-0.2, -0.15) is 0 Å². The Morgan fingerprint density at radius 1 is 1.17 bits per heavy atom. The van der Waals surface area contributed by atoms with Gasteiger partial charge < -0.3 is 10.6 Å². The van der Waals surface area contributed by atoms with Gasteiger partial charge in [0.1, 0.15) is 5.15 Å². The first-order chi connectivity index (χ1) is 10.9. The van der Waals surface area contributed by atoms with E-state index in [1.807, 2.05) is 18.3 Å². The van der Waals surface area contributed by atoms with Crippen molar-refractivity contribution in [3.8, 4) is 0 Å². The molecule has 0 unspecified atom stereocenters. The second kappa shape index (κ2) is 12.7. The third-order valence-electron chi connectivity index (χ3n) is 3.71. The molecule has 5 nitrogen and oxygen atoms in total. The molecule has 1 heterocycles. The molecule has 0 saturated heterocycles. The van der Waals surface area contributed by atoms with Crippen LogP contribution in [0.15, 0.2) is 23.3 Å². The highest BCUT2D eigenvalue weighted by molar-refractivity contribution is 14.0. The van der Waals surface area contributed by atoms with Gasteiger partial charge in [-0.15, -0.1) is 24.0 Å². The van der Waals surface area contributed by atoms with Crippen LogP contribution in [0.1, 0.15) is 33.3 Å². The van der Waals surface area contributed by atoms with E-state index >= 15 is 0 Å². The smallest absolute Gasteiger partial charge is 0.191 e. The summed E-state index contributed by atoms with van der Waals surface area (Å²) in [5.41, 5.74) is 1.16. The van der Waals surface area contributed by atoms with Crippen molar-refractivity contribution in [2.45, 2.75) is 46.2 Å². The first-order valence-electron chi connectivity index (χ1n) is 8.24. The highest BCUT2D eigenvalue weighted by Crippen LogP contribution is 2.05. The Kier molecular flexibility index (Phi) is 12.4. The lowest BCUT2D eigenvalue weighted by Gasteiger charge is -2.30. The number of guanidine groups is 1. The molecule has 1 rings (SSSR count). The zero-order valence-corrected chi connectivity index (χ0v) is 18.4. The molecule has 0 aromatic carbocycles. The van der Waals surface area contributed by atoms with Gasteiger partial charge in [0.2, 0.25) is 0 Å². The third kappa shape index (κ3) is 9.03. The third-order valence-corrected chi connectivity index (χ3v) is 3.93. The summed E-state index contributed by atoms with van der Waals surface area (Å²) in [6.45, 7) is 11.6. The number of pyridine rings is 1. The Balaban J connectivity index is 0.00000529. The molecule has 0 radical (unpaired) electrons. The van der Waals surface area contributed by atoms with E-state index in [-0.39, 0.29) is 24.0 Å². The van der Waals surface area contributed by atoms with E-state index in [0.29, 0.717) is 17.2 Å². The SMILES string of the molecule is CN=C(NCCc1ccc(Cl)nc1)NCCN(C(C)C)C(C)C.I. The van der Waals surface area contributed by atoms with Crippen LogP contribution in [0.2, 0.25) is 5.15 Å². The molecule has 2 N–H and O–H groups in total. The zero-order valence-electron chi connectivity index (χ0n) is 15.3. The Labute approximate surface area is 168 Å². The molecule has 0 spiro atoms. The minimum Gasteiger partial charge on any atom is -0.356 e. The van der Waals surface area contributed by atoms with Crippen molar-refractivity contribution >= 4 is 41.5 Å². The minimum atomic E-state index is 0. The quantitative estimate of drug-likeness (QED) is 0.267. The largest absolute Gasteiger partial charge is 0.356 e. The number of nitrogens with one attached hydrogen (secondary N) is 2. The number of halogens is 2. The highest BCUT2D eigenvalue weighted by atomic mass is 127. The molecular formula is C17H31ClIN5. The van der Waals surface area contributed by atoms with Gasteiger partial charge in [-0.25, -0.2) is 4.98 Å². The van der Waals surface area contributed by atoms with Gasteiger partial charge in [0, 0.05) is 45.0 Å². The Bertz CT molecular complexity index is 468. The molecule has 0 atom stereocenters. The molecule has 0 aliphatic carbocycles. The van der Waals surface area contributed by atoms with Crippen molar-refractivity contribution in [2.75, 3.05) is 26.7 Å². The van der Waals surface area contributed by atoms with E-state index < -0.39 is 0 Å². The van der Waals surface area contributed by atoms with Crippen molar-refractivity contribution in [3.63, 3.8) is 0 Å². The first-order valence-corrected chi connectivity index (χ1v) is 8.62. The molecule has 0 saturated carbocycles. The summed E-state index contributed by atoms with van der Waals surface area (Å²) in [7, 11) is 1.79. The zero-order chi connectivity index (χ0) is 17.2. The number of rotatable bonds is 8. The van der Waals surface area contributed by atoms with E-state index in [9.17, 15) is 0 Å². The van der Waals surface area contributed by atoms with Crippen LogP contribution in [-0.4, -0.2) is 54.6 Å². The predicted octanol–water partition coefficient (Wildman–Crippen LogP) is 3.18. The van der Waals surface area contributed by atoms with Gasteiger partial charge in [0.15, 0.2) is 5.96 Å². The predicted molar refractivity (Wildman–Crippen MR) is 115 cm³/mol. The maximum absolute atomic E-state index is 5.79. The van der Waals surface area contributed by atoms with E-state index in [2.05, 4.69) is 53.2 Å². The van der Waals surface area contributed by atoms with Gasteiger partial charge in [0.25, 0.3) is 0 Å². The second-order valence-electron chi connectivity index (χ2n) is 6.09. The summed E-state index contributed by atoms with van der Waals surface area (Å²) in [5.74, 6) is 0.833. The second-order valence-corrected chi connectivity index (χ2v) is 6.48. The number of aromatic nitrogens is 1. The van der Waals surface area contributed by atoms with Crippen molar-refractivity contribution < 1.29 is 0 Å². The molecule has 0 aliphatic heterocycles. The molecule has 0 fully saturated rings. The van der Waals surface area contributed by atoms with E-state index in [0.717, 1.165) is 37.6 Å². The monoisotopic (exact) mass is 467 g/mol. The highest BCUT2D eigenvalue weighted by Gasteiger charge is 2.12.